The predicted octanol–water partition coefficient (Wildman–Crippen LogP) is 5.76. The van der Waals surface area contributed by atoms with Crippen molar-refractivity contribution in [2.45, 2.75) is 51.4 Å². The number of carbonyl (C=O) groups excluding carboxylic acids is 2. The first-order valence-electron chi connectivity index (χ1n) is 10.5. The molecule has 1 saturated carbocycles. The number of benzene rings is 2. The van der Waals surface area contributed by atoms with E-state index in [1.54, 1.807) is 25.1 Å². The fourth-order valence-electron chi connectivity index (χ4n) is 4.08. The van der Waals surface area contributed by atoms with Gasteiger partial charge in [-0.15, -0.1) is 0 Å². The van der Waals surface area contributed by atoms with Crippen LogP contribution in [0.1, 0.15) is 61.9 Å². The zero-order valence-electron chi connectivity index (χ0n) is 17.5. The van der Waals surface area contributed by atoms with Gasteiger partial charge in [0, 0.05) is 10.7 Å². The van der Waals surface area contributed by atoms with Gasteiger partial charge < -0.3 is 14.8 Å². The van der Waals surface area contributed by atoms with Gasteiger partial charge in [-0.05, 0) is 62.6 Å². The Balaban J connectivity index is 1.91. The Morgan fingerprint density at radius 1 is 1.00 bits per heavy atom. The maximum Gasteiger partial charge on any atom is 0.341 e. The molecule has 0 spiro atoms. The van der Waals surface area contributed by atoms with Crippen molar-refractivity contribution in [3.8, 4) is 5.75 Å². The van der Waals surface area contributed by atoms with Gasteiger partial charge in [0.05, 0.1) is 18.6 Å². The van der Waals surface area contributed by atoms with E-state index in [0.29, 0.717) is 28.6 Å². The van der Waals surface area contributed by atoms with Crippen molar-refractivity contribution in [3.05, 3.63) is 58.6 Å². The van der Waals surface area contributed by atoms with Gasteiger partial charge in [0.2, 0.25) is 5.91 Å². The third kappa shape index (κ3) is 4.78. The lowest BCUT2D eigenvalue weighted by atomic mass is 9.68. The number of halogens is 1. The summed E-state index contributed by atoms with van der Waals surface area (Å²) in [5, 5.41) is 3.69. The van der Waals surface area contributed by atoms with Gasteiger partial charge in [-0.25, -0.2) is 4.79 Å². The van der Waals surface area contributed by atoms with Crippen LogP contribution in [0.5, 0.6) is 5.75 Å². The summed E-state index contributed by atoms with van der Waals surface area (Å²) >= 11 is 6.06. The molecule has 5 nitrogen and oxygen atoms in total. The second-order valence-electron chi connectivity index (χ2n) is 7.47. The number of nitrogens with one attached hydrogen (secondary N) is 1. The Bertz CT molecular complexity index is 889. The maximum atomic E-state index is 13.5. The van der Waals surface area contributed by atoms with Crippen LogP contribution in [0.2, 0.25) is 5.02 Å². The summed E-state index contributed by atoms with van der Waals surface area (Å²) in [5.74, 6) is -0.0929. The van der Waals surface area contributed by atoms with E-state index in [-0.39, 0.29) is 12.5 Å². The van der Waals surface area contributed by atoms with Gasteiger partial charge in [-0.2, -0.15) is 0 Å². The fourth-order valence-corrected chi connectivity index (χ4v) is 4.21. The van der Waals surface area contributed by atoms with E-state index in [2.05, 4.69) is 5.32 Å². The Morgan fingerprint density at radius 2 is 1.70 bits per heavy atom. The zero-order chi connectivity index (χ0) is 21.6. The number of carbonyl (C=O) groups is 2. The lowest BCUT2D eigenvalue weighted by molar-refractivity contribution is -0.122. The molecule has 0 unspecified atom stereocenters. The average molecular weight is 430 g/mol. The van der Waals surface area contributed by atoms with Gasteiger partial charge in [0.1, 0.15) is 11.3 Å². The molecule has 1 amide bonds. The van der Waals surface area contributed by atoms with Gasteiger partial charge in [0.25, 0.3) is 0 Å². The van der Waals surface area contributed by atoms with Crippen molar-refractivity contribution >= 4 is 29.2 Å². The monoisotopic (exact) mass is 429 g/mol. The Kier molecular flexibility index (Phi) is 7.38. The predicted molar refractivity (Wildman–Crippen MR) is 118 cm³/mol. The number of amides is 1. The summed E-state index contributed by atoms with van der Waals surface area (Å²) in [7, 11) is 0. The molecule has 30 heavy (non-hydrogen) atoms. The minimum Gasteiger partial charge on any atom is -0.493 e. The molecule has 2 aromatic carbocycles. The van der Waals surface area contributed by atoms with Crippen molar-refractivity contribution in [3.63, 3.8) is 0 Å². The summed E-state index contributed by atoms with van der Waals surface area (Å²) < 4.78 is 10.7. The molecule has 0 saturated heterocycles. The quantitative estimate of drug-likeness (QED) is 0.568. The first kappa shape index (κ1) is 22.2. The van der Waals surface area contributed by atoms with Crippen molar-refractivity contribution in [1.29, 1.82) is 0 Å². The largest absolute Gasteiger partial charge is 0.493 e. The van der Waals surface area contributed by atoms with Crippen LogP contribution >= 0.6 is 11.6 Å². The van der Waals surface area contributed by atoms with Crippen LogP contribution in [0.15, 0.2) is 42.5 Å². The lowest BCUT2D eigenvalue weighted by Crippen LogP contribution is -2.42. The Morgan fingerprint density at radius 3 is 2.33 bits per heavy atom. The molecular weight excluding hydrogens is 402 g/mol. The number of anilines is 1. The van der Waals surface area contributed by atoms with Crippen LogP contribution in [-0.4, -0.2) is 25.1 Å². The second-order valence-corrected chi connectivity index (χ2v) is 7.90. The third-order valence-electron chi connectivity index (χ3n) is 5.57. The third-order valence-corrected chi connectivity index (χ3v) is 5.82. The maximum absolute atomic E-state index is 13.5. The lowest BCUT2D eigenvalue weighted by Gasteiger charge is -2.36. The zero-order valence-corrected chi connectivity index (χ0v) is 18.3. The molecule has 3 rings (SSSR count). The van der Waals surface area contributed by atoms with Crippen LogP contribution < -0.4 is 10.1 Å². The highest BCUT2D eigenvalue weighted by Gasteiger charge is 2.41. The van der Waals surface area contributed by atoms with Crippen LogP contribution in [-0.2, 0) is 14.9 Å². The summed E-state index contributed by atoms with van der Waals surface area (Å²) in [4.78, 5) is 25.9. The van der Waals surface area contributed by atoms with Crippen LogP contribution in [0.4, 0.5) is 5.69 Å². The molecular formula is C24H28ClNO4. The molecule has 0 aromatic heterocycles. The molecule has 0 heterocycles. The Hall–Kier alpha value is -2.53. The normalized spacial score (nSPS) is 15.3. The first-order valence-corrected chi connectivity index (χ1v) is 10.9. The molecule has 1 aliphatic carbocycles. The van der Waals surface area contributed by atoms with E-state index in [9.17, 15) is 9.59 Å². The topological polar surface area (TPSA) is 64.6 Å². The van der Waals surface area contributed by atoms with E-state index in [0.717, 1.165) is 37.7 Å². The van der Waals surface area contributed by atoms with Crippen molar-refractivity contribution in [2.24, 2.45) is 0 Å². The van der Waals surface area contributed by atoms with E-state index in [1.165, 1.54) is 0 Å². The molecule has 0 atom stereocenters. The van der Waals surface area contributed by atoms with E-state index in [1.807, 2.05) is 31.2 Å². The van der Waals surface area contributed by atoms with Crippen LogP contribution in [0.25, 0.3) is 0 Å². The smallest absolute Gasteiger partial charge is 0.341 e. The highest BCUT2D eigenvalue weighted by Crippen LogP contribution is 2.41. The van der Waals surface area contributed by atoms with Gasteiger partial charge in [-0.1, -0.05) is 43.0 Å². The Labute approximate surface area is 182 Å². The summed E-state index contributed by atoms with van der Waals surface area (Å²) in [6.07, 6.45) is 4.67. The molecule has 1 fully saturated rings. The minimum absolute atomic E-state index is 0.0662. The molecule has 0 radical (unpaired) electrons. The van der Waals surface area contributed by atoms with Gasteiger partial charge in [-0.3, -0.25) is 4.79 Å². The fraction of sp³-hybridized carbons (Fsp3) is 0.417. The van der Waals surface area contributed by atoms with E-state index >= 15 is 0 Å². The molecule has 0 bridgehead atoms. The molecule has 1 N–H and O–H groups in total. The van der Waals surface area contributed by atoms with E-state index < -0.39 is 11.4 Å². The van der Waals surface area contributed by atoms with Crippen LogP contribution in [0, 0.1) is 0 Å². The summed E-state index contributed by atoms with van der Waals surface area (Å²) in [6, 6.07) is 12.6. The number of rotatable bonds is 7. The minimum atomic E-state index is -0.606. The highest BCUT2D eigenvalue weighted by molar-refractivity contribution is 6.30. The molecule has 0 aliphatic heterocycles. The standard InChI is InChI=1S/C24H28ClNO4/c1-3-29-21-13-12-19(16-20(21)22(27)30-4-2)26-23(28)24(14-6-5-7-15-24)17-8-10-18(25)11-9-17/h8-13,16H,3-7,14-15H2,1-2H3,(H,26,28). The first-order chi connectivity index (χ1) is 14.5. The molecule has 6 heteroatoms. The number of hydrogen-bond acceptors (Lipinski definition) is 4. The number of esters is 1. The van der Waals surface area contributed by atoms with Crippen molar-refractivity contribution < 1.29 is 19.1 Å². The van der Waals surface area contributed by atoms with Gasteiger partial charge >= 0.3 is 5.97 Å². The number of hydrogen-bond donors (Lipinski definition) is 1. The highest BCUT2D eigenvalue weighted by atomic mass is 35.5. The van der Waals surface area contributed by atoms with Crippen molar-refractivity contribution in [1.82, 2.24) is 0 Å². The van der Waals surface area contributed by atoms with E-state index in [4.69, 9.17) is 21.1 Å². The number of ether oxygens (including phenoxy) is 2. The van der Waals surface area contributed by atoms with Gasteiger partial charge in [0.15, 0.2) is 0 Å². The van der Waals surface area contributed by atoms with Crippen molar-refractivity contribution in [2.75, 3.05) is 18.5 Å². The second kappa shape index (κ2) is 9.98. The SMILES string of the molecule is CCOC(=O)c1cc(NC(=O)C2(c3ccc(Cl)cc3)CCCCC2)ccc1OCC. The molecule has 160 valence electrons. The van der Waals surface area contributed by atoms with Crippen LogP contribution in [0.3, 0.4) is 0 Å². The summed E-state index contributed by atoms with van der Waals surface area (Å²) in [5.41, 5.74) is 1.22. The molecule has 1 aliphatic rings. The summed E-state index contributed by atoms with van der Waals surface area (Å²) in [6.45, 7) is 4.30. The molecule has 2 aromatic rings. The average Bonchev–Trinajstić information content (AvgIpc) is 2.76.